The summed E-state index contributed by atoms with van der Waals surface area (Å²) < 4.78 is 2.15. The molecule has 3 heterocycles. The molecule has 4 unspecified atom stereocenters. The molecule has 2 aromatic rings. The zero-order chi connectivity index (χ0) is 14.7. The second kappa shape index (κ2) is 4.58. The van der Waals surface area contributed by atoms with Gasteiger partial charge in [-0.1, -0.05) is 18.5 Å². The van der Waals surface area contributed by atoms with Crippen molar-refractivity contribution in [1.29, 1.82) is 0 Å². The minimum atomic E-state index is -0.624. The molecule has 2 N–H and O–H groups in total. The predicted molar refractivity (Wildman–Crippen MR) is 82.6 cm³/mol. The smallest absolute Gasteiger partial charge is 0.163 e. The normalized spacial score (nSPS) is 31.6. The quantitative estimate of drug-likeness (QED) is 0.794. The second-order valence-corrected chi connectivity index (χ2v) is 6.82. The minimum absolute atomic E-state index is 0.0680. The summed E-state index contributed by atoms with van der Waals surface area (Å²) in [5, 5.41) is 13.9. The number of hydrogen-bond donors (Lipinski definition) is 2. The van der Waals surface area contributed by atoms with Crippen molar-refractivity contribution >= 4 is 28.5 Å². The first-order chi connectivity index (χ1) is 10.1. The number of fused-ring (bicyclic) bond motifs is 3. The SMILES string of the molecule is CC1CCC(n2cnc3c4c(c(Cl)nc32)C(O)C(C)N4)C1. The van der Waals surface area contributed by atoms with Gasteiger partial charge in [0.05, 0.1) is 18.1 Å². The number of nitrogens with zero attached hydrogens (tertiary/aromatic N) is 3. The van der Waals surface area contributed by atoms with E-state index in [0.717, 1.165) is 35.6 Å². The number of rotatable bonds is 1. The molecule has 1 saturated carbocycles. The molecule has 0 aromatic carbocycles. The van der Waals surface area contributed by atoms with Gasteiger partial charge in [-0.05, 0) is 32.1 Å². The Kier molecular flexibility index (Phi) is 2.91. The number of nitrogens with one attached hydrogen (secondary N) is 1. The van der Waals surface area contributed by atoms with E-state index in [0.29, 0.717) is 16.8 Å². The lowest BCUT2D eigenvalue weighted by molar-refractivity contribution is 0.170. The molecule has 112 valence electrons. The highest BCUT2D eigenvalue weighted by Gasteiger charge is 2.34. The molecule has 2 aliphatic rings. The molecule has 0 radical (unpaired) electrons. The molecule has 5 nitrogen and oxygen atoms in total. The largest absolute Gasteiger partial charge is 0.386 e. The predicted octanol–water partition coefficient (Wildman–Crippen LogP) is 3.29. The maximum atomic E-state index is 10.2. The van der Waals surface area contributed by atoms with Crippen LogP contribution in [0, 0.1) is 5.92 Å². The number of pyridine rings is 1. The van der Waals surface area contributed by atoms with Crippen LogP contribution in [0.2, 0.25) is 5.15 Å². The van der Waals surface area contributed by atoms with Crippen LogP contribution in [0.1, 0.15) is 50.8 Å². The molecular formula is C15H19ClN4O. The molecule has 0 spiro atoms. The van der Waals surface area contributed by atoms with Crippen molar-refractivity contribution in [3.05, 3.63) is 17.0 Å². The van der Waals surface area contributed by atoms with E-state index in [1.54, 1.807) is 0 Å². The monoisotopic (exact) mass is 306 g/mol. The van der Waals surface area contributed by atoms with Crippen molar-refractivity contribution in [3.8, 4) is 0 Å². The Morgan fingerprint density at radius 1 is 1.38 bits per heavy atom. The molecule has 1 aliphatic heterocycles. The molecular weight excluding hydrogens is 288 g/mol. The third-order valence-corrected chi connectivity index (χ3v) is 5.19. The van der Waals surface area contributed by atoms with E-state index in [1.807, 2.05) is 13.3 Å². The summed E-state index contributed by atoms with van der Waals surface area (Å²) >= 11 is 6.32. The fraction of sp³-hybridized carbons (Fsp3) is 0.600. The van der Waals surface area contributed by atoms with E-state index in [2.05, 4.69) is 26.8 Å². The Bertz CT molecular complexity index is 713. The fourth-order valence-electron chi connectivity index (χ4n) is 3.70. The number of halogens is 1. The van der Waals surface area contributed by atoms with Gasteiger partial charge in [-0.2, -0.15) is 0 Å². The van der Waals surface area contributed by atoms with Crippen LogP contribution in [0.3, 0.4) is 0 Å². The third kappa shape index (κ3) is 1.87. The summed E-state index contributed by atoms with van der Waals surface area (Å²) in [7, 11) is 0. The molecule has 6 heteroatoms. The topological polar surface area (TPSA) is 63.0 Å². The number of aliphatic hydroxyl groups excluding tert-OH is 1. The Morgan fingerprint density at radius 3 is 2.90 bits per heavy atom. The molecule has 21 heavy (non-hydrogen) atoms. The maximum absolute atomic E-state index is 10.2. The van der Waals surface area contributed by atoms with Crippen LogP contribution in [-0.4, -0.2) is 25.7 Å². The van der Waals surface area contributed by atoms with Gasteiger partial charge in [-0.25, -0.2) is 9.97 Å². The van der Waals surface area contributed by atoms with Crippen LogP contribution >= 0.6 is 11.6 Å². The number of aliphatic hydroxyl groups is 1. The van der Waals surface area contributed by atoms with Crippen LogP contribution < -0.4 is 5.32 Å². The molecule has 2 aromatic heterocycles. The first kappa shape index (κ1) is 13.3. The van der Waals surface area contributed by atoms with Crippen molar-refractivity contribution in [2.45, 2.75) is 51.3 Å². The van der Waals surface area contributed by atoms with Crippen LogP contribution in [0.15, 0.2) is 6.33 Å². The summed E-state index contributed by atoms with van der Waals surface area (Å²) in [5.41, 5.74) is 3.17. The Hall–Kier alpha value is -1.33. The lowest BCUT2D eigenvalue weighted by Gasteiger charge is -2.13. The fourth-order valence-corrected chi connectivity index (χ4v) is 3.98. The van der Waals surface area contributed by atoms with Gasteiger partial charge in [0.15, 0.2) is 5.65 Å². The summed E-state index contributed by atoms with van der Waals surface area (Å²) in [6.07, 6.45) is 4.82. The van der Waals surface area contributed by atoms with E-state index < -0.39 is 6.10 Å². The van der Waals surface area contributed by atoms with E-state index in [9.17, 15) is 5.11 Å². The molecule has 0 bridgehead atoms. The third-order valence-electron chi connectivity index (χ3n) is 4.90. The van der Waals surface area contributed by atoms with Crippen LogP contribution in [0.4, 0.5) is 5.69 Å². The lowest BCUT2D eigenvalue weighted by Crippen LogP contribution is -2.15. The molecule has 1 aliphatic carbocycles. The zero-order valence-electron chi connectivity index (χ0n) is 12.2. The molecule has 1 fully saturated rings. The Morgan fingerprint density at radius 2 is 2.19 bits per heavy atom. The highest BCUT2D eigenvalue weighted by molar-refractivity contribution is 6.31. The minimum Gasteiger partial charge on any atom is -0.386 e. The van der Waals surface area contributed by atoms with Gasteiger partial charge in [-0.3, -0.25) is 0 Å². The van der Waals surface area contributed by atoms with Crippen molar-refractivity contribution < 1.29 is 5.11 Å². The van der Waals surface area contributed by atoms with Gasteiger partial charge < -0.3 is 15.0 Å². The number of imidazole rings is 1. The standard InChI is InChI=1S/C15H19ClN4O/c1-7-3-4-9(5-7)20-6-17-12-11-10(13(21)8(2)18-11)14(16)19-15(12)20/h6-9,13,18,21H,3-5H2,1-2H3. The van der Waals surface area contributed by atoms with Gasteiger partial charge in [-0.15, -0.1) is 0 Å². The summed E-state index contributed by atoms with van der Waals surface area (Å²) in [6, 6.07) is 0.386. The van der Waals surface area contributed by atoms with E-state index in [-0.39, 0.29) is 6.04 Å². The Labute approximate surface area is 128 Å². The van der Waals surface area contributed by atoms with Gasteiger partial charge in [0.2, 0.25) is 0 Å². The average Bonchev–Trinajstić information content (AvgIpc) is 3.10. The van der Waals surface area contributed by atoms with Crippen molar-refractivity contribution in [2.75, 3.05) is 5.32 Å². The highest BCUT2D eigenvalue weighted by Crippen LogP contribution is 2.43. The van der Waals surface area contributed by atoms with Crippen molar-refractivity contribution in [3.63, 3.8) is 0 Å². The van der Waals surface area contributed by atoms with E-state index in [4.69, 9.17) is 11.6 Å². The summed E-state index contributed by atoms with van der Waals surface area (Å²) in [6.45, 7) is 4.22. The van der Waals surface area contributed by atoms with Gasteiger partial charge in [0, 0.05) is 11.6 Å². The van der Waals surface area contributed by atoms with Gasteiger partial charge in [0.25, 0.3) is 0 Å². The molecule has 0 saturated heterocycles. The first-order valence-corrected chi connectivity index (χ1v) is 7.94. The van der Waals surface area contributed by atoms with Crippen molar-refractivity contribution in [2.24, 2.45) is 5.92 Å². The maximum Gasteiger partial charge on any atom is 0.163 e. The lowest BCUT2D eigenvalue weighted by atomic mass is 10.1. The molecule has 4 rings (SSSR count). The zero-order valence-corrected chi connectivity index (χ0v) is 12.9. The number of hydrogen-bond acceptors (Lipinski definition) is 4. The van der Waals surface area contributed by atoms with Crippen molar-refractivity contribution in [1.82, 2.24) is 14.5 Å². The first-order valence-electron chi connectivity index (χ1n) is 7.56. The number of anilines is 1. The average molecular weight is 307 g/mol. The number of aromatic nitrogens is 3. The second-order valence-electron chi connectivity index (χ2n) is 6.47. The Balaban J connectivity index is 1.87. The van der Waals surface area contributed by atoms with Gasteiger partial charge >= 0.3 is 0 Å². The van der Waals surface area contributed by atoms with Gasteiger partial charge in [0.1, 0.15) is 16.8 Å². The molecule has 0 amide bonds. The molecule has 4 atom stereocenters. The van der Waals surface area contributed by atoms with E-state index >= 15 is 0 Å². The summed E-state index contributed by atoms with van der Waals surface area (Å²) in [5.74, 6) is 0.748. The van der Waals surface area contributed by atoms with E-state index in [1.165, 1.54) is 6.42 Å². The van der Waals surface area contributed by atoms with Crippen LogP contribution in [0.25, 0.3) is 11.2 Å². The van der Waals surface area contributed by atoms with Crippen LogP contribution in [0.5, 0.6) is 0 Å². The highest BCUT2D eigenvalue weighted by atomic mass is 35.5. The van der Waals surface area contributed by atoms with Crippen LogP contribution in [-0.2, 0) is 0 Å². The summed E-state index contributed by atoms with van der Waals surface area (Å²) in [4.78, 5) is 9.07.